The van der Waals surface area contributed by atoms with Crippen molar-refractivity contribution in [2.45, 2.75) is 6.92 Å². The second-order valence-electron chi connectivity index (χ2n) is 2.15. The fourth-order valence-electron chi connectivity index (χ4n) is 0.723. The van der Waals surface area contributed by atoms with Gasteiger partial charge in [0, 0.05) is 0 Å². The zero-order valence-corrected chi connectivity index (χ0v) is 5.59. The predicted octanol–water partition coefficient (Wildman–Crippen LogP) is 1.54. The fraction of sp³-hybridized carbons (Fsp3) is 0.111. The molecule has 0 amide bonds. The summed E-state index contributed by atoms with van der Waals surface area (Å²) in [5.41, 5.74) is 2.34. The van der Waals surface area contributed by atoms with Crippen molar-refractivity contribution in [2.24, 2.45) is 0 Å². The van der Waals surface area contributed by atoms with Crippen LogP contribution in [0.15, 0.2) is 36.9 Å². The van der Waals surface area contributed by atoms with Gasteiger partial charge in [0.05, 0.1) is 0 Å². The number of allylic oxidation sites excluding steroid dienone is 1. The highest BCUT2D eigenvalue weighted by Crippen LogP contribution is 2.08. The van der Waals surface area contributed by atoms with Gasteiger partial charge in [-0.3, -0.25) is 0 Å². The van der Waals surface area contributed by atoms with Crippen molar-refractivity contribution in [1.82, 2.24) is 0 Å². The van der Waals surface area contributed by atoms with Gasteiger partial charge in [-0.2, -0.15) is 0 Å². The minimum Gasteiger partial charge on any atom is -0.0955 e. The van der Waals surface area contributed by atoms with Crippen LogP contribution in [0, 0.1) is 0 Å². The Labute approximate surface area is 72.7 Å². The van der Waals surface area contributed by atoms with E-state index in [1.807, 2.05) is 25.1 Å². The standard InChI is InChI=1S/C9H10.Al.3H/c1-8(2)9-6-4-3-5-7-9;;;;/h3-7H,1H2,2H3;;;;. The summed E-state index contributed by atoms with van der Waals surface area (Å²) in [6, 6.07) is 10.2. The highest BCUT2D eigenvalue weighted by Gasteiger charge is 1.86. The van der Waals surface area contributed by atoms with Gasteiger partial charge in [-0.05, 0) is 12.5 Å². The van der Waals surface area contributed by atoms with E-state index in [-0.39, 0.29) is 17.4 Å². The second kappa shape index (κ2) is 4.33. The molecular formula is C9H13Al. The maximum Gasteiger partial charge on any atom is 0.187 e. The first kappa shape index (κ1) is 9.49. The van der Waals surface area contributed by atoms with E-state index < -0.39 is 0 Å². The summed E-state index contributed by atoms with van der Waals surface area (Å²) in [5, 5.41) is 0. The molecule has 0 aliphatic heterocycles. The van der Waals surface area contributed by atoms with E-state index in [0.717, 1.165) is 5.57 Å². The molecule has 0 nitrogen and oxygen atoms in total. The van der Waals surface area contributed by atoms with E-state index in [2.05, 4.69) is 18.7 Å². The number of benzene rings is 1. The maximum atomic E-state index is 3.83. The molecule has 1 aromatic carbocycles. The molecule has 0 N–H and O–H groups in total. The van der Waals surface area contributed by atoms with Gasteiger partial charge < -0.3 is 0 Å². The largest absolute Gasteiger partial charge is 0.187 e. The van der Waals surface area contributed by atoms with Gasteiger partial charge in [-0.1, -0.05) is 42.5 Å². The third-order valence-corrected chi connectivity index (χ3v) is 1.27. The summed E-state index contributed by atoms with van der Waals surface area (Å²) >= 11 is 0. The lowest BCUT2D eigenvalue weighted by Gasteiger charge is -1.94. The number of hydrogen-bond acceptors (Lipinski definition) is 0. The van der Waals surface area contributed by atoms with E-state index in [1.54, 1.807) is 0 Å². The van der Waals surface area contributed by atoms with E-state index in [1.165, 1.54) is 5.56 Å². The van der Waals surface area contributed by atoms with Gasteiger partial charge in [-0.15, -0.1) is 0 Å². The lowest BCUT2D eigenvalue weighted by molar-refractivity contribution is 1.58. The van der Waals surface area contributed by atoms with Crippen LogP contribution in [-0.2, 0) is 0 Å². The summed E-state index contributed by atoms with van der Waals surface area (Å²) in [5.74, 6) is 0. The predicted molar refractivity (Wildman–Crippen MR) is 51.1 cm³/mol. The van der Waals surface area contributed by atoms with E-state index in [0.29, 0.717) is 0 Å². The van der Waals surface area contributed by atoms with Crippen LogP contribution in [0.2, 0.25) is 0 Å². The van der Waals surface area contributed by atoms with E-state index in [9.17, 15) is 0 Å². The van der Waals surface area contributed by atoms with Crippen molar-refractivity contribution in [3.63, 3.8) is 0 Å². The molecule has 1 aromatic rings. The molecule has 0 saturated carbocycles. The first-order valence-corrected chi connectivity index (χ1v) is 3.01. The van der Waals surface area contributed by atoms with Crippen LogP contribution in [-0.4, -0.2) is 17.4 Å². The molecular weight excluding hydrogens is 135 g/mol. The average molecular weight is 148 g/mol. The Morgan fingerprint density at radius 1 is 1.20 bits per heavy atom. The van der Waals surface area contributed by atoms with E-state index >= 15 is 0 Å². The van der Waals surface area contributed by atoms with Crippen molar-refractivity contribution < 1.29 is 0 Å². The topological polar surface area (TPSA) is 0 Å². The Hall–Kier alpha value is -0.508. The molecule has 0 aromatic heterocycles. The molecule has 0 saturated heterocycles. The minimum absolute atomic E-state index is 0. The Balaban J connectivity index is 0.000000810. The van der Waals surface area contributed by atoms with Crippen molar-refractivity contribution >= 4 is 22.9 Å². The average Bonchev–Trinajstić information content (AvgIpc) is 1.90. The van der Waals surface area contributed by atoms with Crippen LogP contribution in [0.5, 0.6) is 0 Å². The Bertz CT molecular complexity index is 201. The summed E-state index contributed by atoms with van der Waals surface area (Å²) in [6.07, 6.45) is 0. The van der Waals surface area contributed by atoms with Crippen molar-refractivity contribution in [2.75, 3.05) is 0 Å². The quantitative estimate of drug-likeness (QED) is 0.530. The summed E-state index contributed by atoms with van der Waals surface area (Å²) in [7, 11) is 0. The molecule has 0 heterocycles. The normalized spacial score (nSPS) is 8.10. The Morgan fingerprint density at radius 3 is 2.00 bits per heavy atom. The molecule has 0 fully saturated rings. The highest BCUT2D eigenvalue weighted by atomic mass is 27.0. The van der Waals surface area contributed by atoms with Gasteiger partial charge in [-0.25, -0.2) is 0 Å². The van der Waals surface area contributed by atoms with Gasteiger partial charge in [0.2, 0.25) is 0 Å². The number of hydrogen-bond donors (Lipinski definition) is 0. The first-order chi connectivity index (χ1) is 4.30. The molecule has 10 heavy (non-hydrogen) atoms. The van der Waals surface area contributed by atoms with Crippen LogP contribution in [0.3, 0.4) is 0 Å². The first-order valence-electron chi connectivity index (χ1n) is 3.01. The smallest absolute Gasteiger partial charge is 0.0955 e. The molecule has 0 radical (unpaired) electrons. The van der Waals surface area contributed by atoms with Crippen LogP contribution in [0.4, 0.5) is 0 Å². The maximum absolute atomic E-state index is 3.83. The molecule has 0 spiro atoms. The van der Waals surface area contributed by atoms with Crippen LogP contribution >= 0.6 is 0 Å². The number of rotatable bonds is 1. The van der Waals surface area contributed by atoms with Crippen molar-refractivity contribution in [3.05, 3.63) is 42.5 Å². The Kier molecular flexibility index (Phi) is 4.11. The van der Waals surface area contributed by atoms with Crippen molar-refractivity contribution in [1.29, 1.82) is 0 Å². The lowest BCUT2D eigenvalue weighted by atomic mass is 10.1. The van der Waals surface area contributed by atoms with Crippen molar-refractivity contribution in [3.8, 4) is 0 Å². The monoisotopic (exact) mass is 148 g/mol. The minimum atomic E-state index is 0. The molecule has 0 atom stereocenters. The summed E-state index contributed by atoms with van der Waals surface area (Å²) in [4.78, 5) is 0. The summed E-state index contributed by atoms with van der Waals surface area (Å²) in [6.45, 7) is 5.83. The second-order valence-corrected chi connectivity index (χ2v) is 2.15. The van der Waals surface area contributed by atoms with Crippen LogP contribution in [0.1, 0.15) is 12.5 Å². The molecule has 0 unspecified atom stereocenters. The molecule has 0 bridgehead atoms. The molecule has 1 rings (SSSR count). The molecule has 1 heteroatoms. The SMILES string of the molecule is C=C(C)c1ccccc1.[AlH3]. The third-order valence-electron chi connectivity index (χ3n) is 1.27. The Morgan fingerprint density at radius 2 is 1.70 bits per heavy atom. The van der Waals surface area contributed by atoms with E-state index in [4.69, 9.17) is 0 Å². The molecule has 0 aliphatic carbocycles. The van der Waals surface area contributed by atoms with Gasteiger partial charge >= 0.3 is 0 Å². The summed E-state index contributed by atoms with van der Waals surface area (Å²) < 4.78 is 0. The molecule has 52 valence electrons. The highest BCUT2D eigenvalue weighted by molar-refractivity contribution is 5.75. The fourth-order valence-corrected chi connectivity index (χ4v) is 0.723. The third kappa shape index (κ3) is 2.39. The zero-order valence-electron chi connectivity index (χ0n) is 5.59. The van der Waals surface area contributed by atoms with Crippen LogP contribution < -0.4 is 0 Å². The molecule has 0 aliphatic rings. The lowest BCUT2D eigenvalue weighted by Crippen LogP contribution is -1.72. The van der Waals surface area contributed by atoms with Gasteiger partial charge in [0.1, 0.15) is 0 Å². The van der Waals surface area contributed by atoms with Gasteiger partial charge in [0.25, 0.3) is 0 Å². The van der Waals surface area contributed by atoms with Gasteiger partial charge in [0.15, 0.2) is 17.4 Å². The zero-order chi connectivity index (χ0) is 6.69. The van der Waals surface area contributed by atoms with Crippen LogP contribution in [0.25, 0.3) is 5.57 Å².